The molecular weight excluding hydrogens is 216 g/mol. The van der Waals surface area contributed by atoms with Crippen LogP contribution in [0.25, 0.3) is 0 Å². The van der Waals surface area contributed by atoms with Gasteiger partial charge in [-0.3, -0.25) is 4.79 Å². The van der Waals surface area contributed by atoms with Crippen molar-refractivity contribution in [3.63, 3.8) is 0 Å². The van der Waals surface area contributed by atoms with E-state index >= 15 is 0 Å². The predicted octanol–water partition coefficient (Wildman–Crippen LogP) is 0.0501. The molecule has 5 nitrogen and oxygen atoms in total. The van der Waals surface area contributed by atoms with Crippen LogP contribution in [-0.2, 0) is 14.3 Å². The molecule has 0 fully saturated rings. The number of hydrogen-bond donors (Lipinski definition) is 2. The molecule has 0 unspecified atom stereocenters. The SMILES string of the molecule is CCOC(=O)CCNC(=S)NCCOC. The zero-order chi connectivity index (χ0) is 11.5. The van der Waals surface area contributed by atoms with Gasteiger partial charge in [-0.25, -0.2) is 0 Å². The molecule has 0 aromatic carbocycles. The average molecular weight is 234 g/mol. The van der Waals surface area contributed by atoms with Crippen molar-refractivity contribution < 1.29 is 14.3 Å². The van der Waals surface area contributed by atoms with Gasteiger partial charge in [0.2, 0.25) is 0 Å². The first kappa shape index (κ1) is 14.1. The van der Waals surface area contributed by atoms with Crippen LogP contribution in [0.2, 0.25) is 0 Å². The van der Waals surface area contributed by atoms with Crippen molar-refractivity contribution in [2.24, 2.45) is 0 Å². The Morgan fingerprint density at radius 1 is 1.33 bits per heavy atom. The third-order valence-electron chi connectivity index (χ3n) is 1.51. The monoisotopic (exact) mass is 234 g/mol. The first-order chi connectivity index (χ1) is 7.20. The zero-order valence-electron chi connectivity index (χ0n) is 9.17. The second-order valence-corrected chi connectivity index (χ2v) is 3.14. The van der Waals surface area contributed by atoms with Crippen LogP contribution in [0, 0.1) is 0 Å². The van der Waals surface area contributed by atoms with Crippen molar-refractivity contribution in [1.29, 1.82) is 0 Å². The Kier molecular flexibility index (Phi) is 9.10. The number of carbonyl (C=O) groups is 1. The summed E-state index contributed by atoms with van der Waals surface area (Å²) in [5, 5.41) is 6.35. The molecule has 0 radical (unpaired) electrons. The lowest BCUT2D eigenvalue weighted by Crippen LogP contribution is -2.38. The summed E-state index contributed by atoms with van der Waals surface area (Å²) >= 11 is 4.95. The molecule has 0 saturated heterocycles. The topological polar surface area (TPSA) is 59.6 Å². The van der Waals surface area contributed by atoms with Crippen LogP contribution in [0.1, 0.15) is 13.3 Å². The number of hydrogen-bond acceptors (Lipinski definition) is 4. The molecule has 0 aliphatic rings. The number of ether oxygens (including phenoxy) is 2. The minimum absolute atomic E-state index is 0.218. The van der Waals surface area contributed by atoms with E-state index in [0.29, 0.717) is 37.8 Å². The third-order valence-corrected chi connectivity index (χ3v) is 1.80. The maximum atomic E-state index is 10.9. The number of rotatable bonds is 7. The highest BCUT2D eigenvalue weighted by Gasteiger charge is 2.01. The van der Waals surface area contributed by atoms with E-state index in [4.69, 9.17) is 21.7 Å². The summed E-state index contributed by atoms with van der Waals surface area (Å²) < 4.78 is 9.60. The summed E-state index contributed by atoms with van der Waals surface area (Å²) in [5.74, 6) is -0.218. The first-order valence-electron chi connectivity index (χ1n) is 4.87. The molecule has 6 heteroatoms. The Morgan fingerprint density at radius 2 is 2.00 bits per heavy atom. The molecule has 0 aromatic heterocycles. The first-order valence-corrected chi connectivity index (χ1v) is 5.27. The second kappa shape index (κ2) is 9.67. The van der Waals surface area contributed by atoms with Crippen LogP contribution in [0.15, 0.2) is 0 Å². The molecule has 0 spiro atoms. The van der Waals surface area contributed by atoms with Crippen molar-refractivity contribution in [3.8, 4) is 0 Å². The fraction of sp³-hybridized carbons (Fsp3) is 0.778. The van der Waals surface area contributed by atoms with Crippen LogP contribution >= 0.6 is 12.2 Å². The average Bonchev–Trinajstić information content (AvgIpc) is 2.18. The number of nitrogens with one attached hydrogen (secondary N) is 2. The van der Waals surface area contributed by atoms with Crippen LogP contribution in [0.4, 0.5) is 0 Å². The molecule has 0 amide bonds. The highest BCUT2D eigenvalue weighted by Crippen LogP contribution is 1.83. The maximum absolute atomic E-state index is 10.9. The fourth-order valence-corrected chi connectivity index (χ4v) is 1.04. The predicted molar refractivity (Wildman–Crippen MR) is 61.7 cm³/mol. The van der Waals surface area contributed by atoms with Crippen LogP contribution in [-0.4, -0.2) is 44.5 Å². The van der Waals surface area contributed by atoms with E-state index in [1.54, 1.807) is 14.0 Å². The van der Waals surface area contributed by atoms with Gasteiger partial charge in [-0.15, -0.1) is 0 Å². The molecule has 88 valence electrons. The minimum Gasteiger partial charge on any atom is -0.466 e. The maximum Gasteiger partial charge on any atom is 0.307 e. The lowest BCUT2D eigenvalue weighted by molar-refractivity contribution is -0.142. The summed E-state index contributed by atoms with van der Waals surface area (Å²) in [7, 11) is 1.62. The van der Waals surface area contributed by atoms with Crippen molar-refractivity contribution in [2.75, 3.05) is 33.4 Å². The van der Waals surface area contributed by atoms with Crippen LogP contribution in [0.3, 0.4) is 0 Å². The standard InChI is InChI=1S/C9H18N2O3S/c1-3-14-8(12)4-5-10-9(15)11-6-7-13-2/h3-7H2,1-2H3,(H2,10,11,15). The van der Waals surface area contributed by atoms with Gasteiger partial charge in [0, 0.05) is 20.2 Å². The second-order valence-electron chi connectivity index (χ2n) is 2.73. The molecular formula is C9H18N2O3S. The minimum atomic E-state index is -0.218. The van der Waals surface area contributed by atoms with Gasteiger partial charge in [0.1, 0.15) is 0 Å². The molecule has 2 N–H and O–H groups in total. The largest absolute Gasteiger partial charge is 0.466 e. The van der Waals surface area contributed by atoms with E-state index in [0.717, 1.165) is 0 Å². The third kappa shape index (κ3) is 9.42. The van der Waals surface area contributed by atoms with E-state index < -0.39 is 0 Å². The summed E-state index contributed by atoms with van der Waals surface area (Å²) in [6, 6.07) is 0. The van der Waals surface area contributed by atoms with E-state index in [1.807, 2.05) is 0 Å². The molecule has 0 saturated carbocycles. The van der Waals surface area contributed by atoms with Gasteiger partial charge in [-0.1, -0.05) is 0 Å². The van der Waals surface area contributed by atoms with Crippen molar-refractivity contribution >= 4 is 23.3 Å². The molecule has 0 heterocycles. The summed E-state index contributed by atoms with van der Waals surface area (Å²) in [4.78, 5) is 10.9. The lowest BCUT2D eigenvalue weighted by atomic mass is 10.4. The Labute approximate surface area is 95.5 Å². The van der Waals surface area contributed by atoms with Gasteiger partial charge in [0.05, 0.1) is 19.6 Å². The van der Waals surface area contributed by atoms with Crippen LogP contribution < -0.4 is 10.6 Å². The number of carbonyl (C=O) groups excluding carboxylic acids is 1. The van der Waals surface area contributed by atoms with E-state index in [1.165, 1.54) is 0 Å². The molecule has 0 aliphatic carbocycles. The van der Waals surface area contributed by atoms with E-state index in [9.17, 15) is 4.79 Å². The zero-order valence-corrected chi connectivity index (χ0v) is 9.99. The van der Waals surface area contributed by atoms with Gasteiger partial charge < -0.3 is 20.1 Å². The Hall–Kier alpha value is -0.880. The Morgan fingerprint density at radius 3 is 2.60 bits per heavy atom. The van der Waals surface area contributed by atoms with Crippen molar-refractivity contribution in [3.05, 3.63) is 0 Å². The quantitative estimate of drug-likeness (QED) is 0.369. The molecule has 0 atom stereocenters. The fourth-order valence-electron chi connectivity index (χ4n) is 0.840. The molecule has 0 aliphatic heterocycles. The number of esters is 1. The van der Waals surface area contributed by atoms with Gasteiger partial charge >= 0.3 is 5.97 Å². The number of methoxy groups -OCH3 is 1. The summed E-state index contributed by atoms with van der Waals surface area (Å²) in [6.07, 6.45) is 0.319. The highest BCUT2D eigenvalue weighted by molar-refractivity contribution is 7.80. The smallest absolute Gasteiger partial charge is 0.307 e. The van der Waals surface area contributed by atoms with Gasteiger partial charge in [-0.05, 0) is 19.1 Å². The molecule has 0 rings (SSSR count). The Balaban J connectivity index is 3.34. The highest BCUT2D eigenvalue weighted by atomic mass is 32.1. The number of thiocarbonyl (C=S) groups is 1. The lowest BCUT2D eigenvalue weighted by Gasteiger charge is -2.09. The van der Waals surface area contributed by atoms with Gasteiger partial charge in [-0.2, -0.15) is 0 Å². The summed E-state index contributed by atoms with van der Waals surface area (Å²) in [6.45, 7) is 3.93. The molecule has 15 heavy (non-hydrogen) atoms. The van der Waals surface area contributed by atoms with Crippen molar-refractivity contribution in [1.82, 2.24) is 10.6 Å². The summed E-state index contributed by atoms with van der Waals surface area (Å²) in [5.41, 5.74) is 0. The molecule has 0 bridgehead atoms. The van der Waals surface area contributed by atoms with Crippen LogP contribution in [0.5, 0.6) is 0 Å². The normalized spacial score (nSPS) is 9.47. The van der Waals surface area contributed by atoms with Gasteiger partial charge in [0.15, 0.2) is 5.11 Å². The Bertz CT molecular complexity index is 200. The van der Waals surface area contributed by atoms with E-state index in [2.05, 4.69) is 10.6 Å². The van der Waals surface area contributed by atoms with Gasteiger partial charge in [0.25, 0.3) is 0 Å². The van der Waals surface area contributed by atoms with Crippen molar-refractivity contribution in [2.45, 2.75) is 13.3 Å². The molecule has 0 aromatic rings. The van der Waals surface area contributed by atoms with E-state index in [-0.39, 0.29) is 5.97 Å².